The molecule has 2 amide bonds. The number of carboxylic acids is 1. The number of piperidine rings is 1. The number of aliphatic carboxylic acids is 1. The second kappa shape index (κ2) is 13.7. The van der Waals surface area contributed by atoms with Crippen molar-refractivity contribution in [2.75, 3.05) is 32.8 Å². The molecular formula is C42H69N3O6. The van der Waals surface area contributed by atoms with Gasteiger partial charge in [-0.2, -0.15) is 0 Å². The van der Waals surface area contributed by atoms with Gasteiger partial charge in [0.2, 0.25) is 0 Å². The zero-order valence-corrected chi connectivity index (χ0v) is 32.7. The fourth-order valence-corrected chi connectivity index (χ4v) is 14.3. The molecule has 6 aliphatic carbocycles. The molecule has 0 aromatic heterocycles. The number of hydrogen-bond donors (Lipinski definition) is 3. The van der Waals surface area contributed by atoms with Gasteiger partial charge in [0.15, 0.2) is 0 Å². The van der Waals surface area contributed by atoms with Crippen molar-refractivity contribution in [3.63, 3.8) is 0 Å². The molecule has 1 saturated heterocycles. The van der Waals surface area contributed by atoms with Crippen LogP contribution in [0.4, 0.5) is 9.59 Å². The lowest BCUT2D eigenvalue weighted by molar-refractivity contribution is -0.249. The molecule has 6 saturated carbocycles. The first-order valence-electron chi connectivity index (χ1n) is 21.0. The summed E-state index contributed by atoms with van der Waals surface area (Å²) >= 11 is 0. The van der Waals surface area contributed by atoms with Gasteiger partial charge in [-0.05, 0) is 155 Å². The molecular weight excluding hydrogens is 642 g/mol. The summed E-state index contributed by atoms with van der Waals surface area (Å²) in [7, 11) is 0. The largest absolute Gasteiger partial charge is 0.481 e. The van der Waals surface area contributed by atoms with E-state index in [-0.39, 0.29) is 57.7 Å². The van der Waals surface area contributed by atoms with Gasteiger partial charge >= 0.3 is 18.2 Å². The number of carbonyl (C=O) groups is 3. The van der Waals surface area contributed by atoms with Crippen LogP contribution in [0.15, 0.2) is 0 Å². The standard InChI is InChI=1S/C42H69N3O6/c1-27(26-50-36(48)43-22-25-45-23-8-7-9-24-45)29-14-19-42(35(46)47)21-20-40(5)30(34(29)42)12-13-32-39(4)17-16-33(51-37(49)44-28-10-11-28)38(2,3)31(39)15-18-41(32,40)6/h27-34H,7-26H2,1-6H3,(H,43,48)(H,44,49)(H,46,47)/t27?,29-,30?,31?,32?,33+,34?,39-,40+,41+,42-/m0/s1. The van der Waals surface area contributed by atoms with Crippen LogP contribution >= 0.6 is 0 Å². The van der Waals surface area contributed by atoms with Gasteiger partial charge in [0.25, 0.3) is 0 Å². The number of ether oxygens (including phenoxy) is 2. The lowest BCUT2D eigenvalue weighted by Crippen LogP contribution is -2.67. The van der Waals surface area contributed by atoms with Gasteiger partial charge in [0.05, 0.1) is 12.0 Å². The zero-order chi connectivity index (χ0) is 36.4. The predicted octanol–water partition coefficient (Wildman–Crippen LogP) is 8.26. The molecule has 0 radical (unpaired) electrons. The van der Waals surface area contributed by atoms with Crippen molar-refractivity contribution < 1.29 is 29.0 Å². The number of likely N-dealkylation sites (tertiary alicyclic amines) is 1. The highest BCUT2D eigenvalue weighted by atomic mass is 16.6. The van der Waals surface area contributed by atoms with Gasteiger partial charge in [-0.1, -0.05) is 48.0 Å². The van der Waals surface area contributed by atoms with Gasteiger partial charge in [0.1, 0.15) is 6.10 Å². The third-order valence-electron chi connectivity index (χ3n) is 17.4. The topological polar surface area (TPSA) is 117 Å². The van der Waals surface area contributed by atoms with E-state index in [9.17, 15) is 19.5 Å². The van der Waals surface area contributed by atoms with Crippen molar-refractivity contribution in [1.82, 2.24) is 15.5 Å². The van der Waals surface area contributed by atoms with Gasteiger partial charge in [-0.3, -0.25) is 4.79 Å². The second-order valence-corrected chi connectivity index (χ2v) is 19.9. The van der Waals surface area contributed by atoms with E-state index in [1.807, 2.05) is 0 Å². The van der Waals surface area contributed by atoms with E-state index in [0.717, 1.165) is 96.7 Å². The quantitative estimate of drug-likeness (QED) is 0.221. The maximum Gasteiger partial charge on any atom is 0.407 e. The van der Waals surface area contributed by atoms with E-state index in [1.165, 1.54) is 19.3 Å². The number of alkyl carbamates (subject to hydrolysis) is 2. The fourth-order valence-electron chi connectivity index (χ4n) is 14.3. The summed E-state index contributed by atoms with van der Waals surface area (Å²) < 4.78 is 12.0. The molecule has 288 valence electrons. The fraction of sp³-hybridized carbons (Fsp3) is 0.929. The Labute approximate surface area is 307 Å². The summed E-state index contributed by atoms with van der Waals surface area (Å²) in [6.07, 6.45) is 15.0. The normalized spacial score (nSPS) is 43.7. The van der Waals surface area contributed by atoms with E-state index in [4.69, 9.17) is 9.47 Å². The summed E-state index contributed by atoms with van der Waals surface area (Å²) in [4.78, 5) is 41.3. The van der Waals surface area contributed by atoms with E-state index < -0.39 is 11.4 Å². The number of hydrogen-bond acceptors (Lipinski definition) is 6. The molecule has 1 aliphatic heterocycles. The van der Waals surface area contributed by atoms with Gasteiger partial charge in [-0.15, -0.1) is 0 Å². The van der Waals surface area contributed by atoms with Crippen LogP contribution in [-0.4, -0.2) is 73.1 Å². The van der Waals surface area contributed by atoms with Gasteiger partial charge in [-0.25, -0.2) is 9.59 Å². The van der Waals surface area contributed by atoms with Crippen LogP contribution in [-0.2, 0) is 14.3 Å². The van der Waals surface area contributed by atoms with Crippen LogP contribution in [0.1, 0.15) is 138 Å². The van der Waals surface area contributed by atoms with E-state index in [0.29, 0.717) is 36.9 Å². The van der Waals surface area contributed by atoms with Crippen molar-refractivity contribution in [3.8, 4) is 0 Å². The average molecular weight is 712 g/mol. The molecule has 0 bridgehead atoms. The number of amides is 2. The Kier molecular flexibility index (Phi) is 10.00. The Morgan fingerprint density at radius 1 is 0.804 bits per heavy atom. The molecule has 0 spiro atoms. The smallest absolute Gasteiger partial charge is 0.407 e. The molecule has 7 aliphatic rings. The predicted molar refractivity (Wildman–Crippen MR) is 197 cm³/mol. The highest BCUT2D eigenvalue weighted by Gasteiger charge is 2.72. The summed E-state index contributed by atoms with van der Waals surface area (Å²) in [6.45, 7) is 18.6. The Bertz CT molecular complexity index is 1330. The first kappa shape index (κ1) is 37.3. The second-order valence-electron chi connectivity index (χ2n) is 19.9. The monoisotopic (exact) mass is 712 g/mol. The van der Waals surface area contributed by atoms with Crippen molar-refractivity contribution in [3.05, 3.63) is 0 Å². The van der Waals surface area contributed by atoms with Crippen LogP contribution in [0.25, 0.3) is 0 Å². The first-order chi connectivity index (χ1) is 24.2. The minimum absolute atomic E-state index is 0.0458. The maximum absolute atomic E-state index is 13.3. The van der Waals surface area contributed by atoms with Crippen LogP contribution in [0.2, 0.25) is 0 Å². The molecule has 3 N–H and O–H groups in total. The molecule has 0 aromatic rings. The van der Waals surface area contributed by atoms with Crippen molar-refractivity contribution >= 4 is 18.2 Å². The molecule has 7 rings (SSSR count). The Hall–Kier alpha value is -2.03. The minimum atomic E-state index is -0.678. The summed E-state index contributed by atoms with van der Waals surface area (Å²) in [5.74, 6) is 1.20. The Balaban J connectivity index is 1.05. The molecule has 9 nitrogen and oxygen atoms in total. The van der Waals surface area contributed by atoms with Crippen molar-refractivity contribution in [2.45, 2.75) is 150 Å². The van der Waals surface area contributed by atoms with Crippen LogP contribution in [0, 0.1) is 62.6 Å². The number of carboxylic acid groups (broad SMARTS) is 1. The number of rotatable bonds is 9. The maximum atomic E-state index is 13.3. The number of fused-ring (bicyclic) bond motifs is 7. The third-order valence-corrected chi connectivity index (χ3v) is 17.4. The molecule has 0 aromatic carbocycles. The van der Waals surface area contributed by atoms with Crippen LogP contribution in [0.3, 0.4) is 0 Å². The minimum Gasteiger partial charge on any atom is -0.481 e. The molecule has 9 heteroatoms. The van der Waals surface area contributed by atoms with E-state index >= 15 is 0 Å². The lowest BCUT2D eigenvalue weighted by Gasteiger charge is -2.72. The molecule has 7 fully saturated rings. The van der Waals surface area contributed by atoms with Crippen molar-refractivity contribution in [2.24, 2.45) is 62.6 Å². The molecule has 11 atom stereocenters. The SMILES string of the molecule is CC(COC(=O)NCCN1CCCCC1)[C@@H]1CC[C@]2(C(=O)O)CC[C@]3(C)C(CCC4[C@@]5(C)CC[C@@H](OC(=O)NC6CC6)C(C)(C)C5CC[C@]43C)C12. The van der Waals surface area contributed by atoms with Crippen LogP contribution in [0.5, 0.6) is 0 Å². The first-order valence-corrected chi connectivity index (χ1v) is 21.0. The molecule has 5 unspecified atom stereocenters. The highest BCUT2D eigenvalue weighted by Crippen LogP contribution is 2.77. The zero-order valence-electron chi connectivity index (χ0n) is 32.7. The lowest BCUT2D eigenvalue weighted by atomic mass is 9.32. The van der Waals surface area contributed by atoms with E-state index in [1.54, 1.807) is 0 Å². The summed E-state index contributed by atoms with van der Waals surface area (Å²) in [5.41, 5.74) is -0.479. The van der Waals surface area contributed by atoms with Crippen LogP contribution < -0.4 is 10.6 Å². The number of nitrogens with one attached hydrogen (secondary N) is 2. The number of carbonyl (C=O) groups excluding carboxylic acids is 2. The Morgan fingerprint density at radius 3 is 2.25 bits per heavy atom. The summed E-state index contributed by atoms with van der Waals surface area (Å²) in [5, 5.41) is 17.0. The molecule has 51 heavy (non-hydrogen) atoms. The average Bonchev–Trinajstić information content (AvgIpc) is 3.81. The molecule has 1 heterocycles. The van der Waals surface area contributed by atoms with Crippen molar-refractivity contribution in [1.29, 1.82) is 0 Å². The number of nitrogens with zero attached hydrogens (tertiary/aromatic N) is 1. The Morgan fingerprint density at radius 2 is 1.55 bits per heavy atom. The summed E-state index contributed by atoms with van der Waals surface area (Å²) in [6, 6.07) is 0.296. The highest BCUT2D eigenvalue weighted by molar-refractivity contribution is 5.76. The third kappa shape index (κ3) is 6.29. The van der Waals surface area contributed by atoms with Gasteiger partial charge in [0, 0.05) is 24.5 Å². The van der Waals surface area contributed by atoms with Gasteiger partial charge < -0.3 is 30.1 Å². The van der Waals surface area contributed by atoms with E-state index in [2.05, 4.69) is 57.1 Å².